The highest BCUT2D eigenvalue weighted by Gasteiger charge is 2.16. The summed E-state index contributed by atoms with van der Waals surface area (Å²) in [5.74, 6) is -0.309. The third-order valence-electron chi connectivity index (χ3n) is 2.53. The molecule has 0 saturated carbocycles. The lowest BCUT2D eigenvalue weighted by atomic mass is 9.99. The van der Waals surface area contributed by atoms with Gasteiger partial charge in [-0.15, -0.1) is 0 Å². The minimum Gasteiger partial charge on any atom is -0.507 e. The fourth-order valence-corrected chi connectivity index (χ4v) is 2.33. The van der Waals surface area contributed by atoms with Crippen LogP contribution in [0.5, 0.6) is 5.75 Å². The second-order valence-corrected chi connectivity index (χ2v) is 4.47. The predicted octanol–water partition coefficient (Wildman–Crippen LogP) is 2.95. The van der Waals surface area contributed by atoms with Gasteiger partial charge in [0.05, 0.1) is 6.04 Å². The Kier molecular flexibility index (Phi) is 2.94. The summed E-state index contributed by atoms with van der Waals surface area (Å²) in [5, 5.41) is 13.6. The summed E-state index contributed by atoms with van der Waals surface area (Å²) in [7, 11) is 0. The Labute approximate surface area is 97.2 Å². The van der Waals surface area contributed by atoms with E-state index in [0.29, 0.717) is 11.1 Å². The first-order valence-corrected chi connectivity index (χ1v) is 5.80. The topological polar surface area (TPSA) is 46.2 Å². The highest BCUT2D eigenvalue weighted by Crippen LogP contribution is 2.31. The van der Waals surface area contributed by atoms with Gasteiger partial charge in [0.25, 0.3) is 0 Å². The maximum atomic E-state index is 13.2. The molecule has 2 rings (SSSR count). The van der Waals surface area contributed by atoms with Crippen molar-refractivity contribution in [1.82, 2.24) is 0 Å². The van der Waals surface area contributed by atoms with E-state index in [0.717, 1.165) is 5.56 Å². The van der Waals surface area contributed by atoms with Crippen LogP contribution in [-0.2, 0) is 0 Å². The van der Waals surface area contributed by atoms with Crippen molar-refractivity contribution in [2.45, 2.75) is 13.0 Å². The number of phenols is 1. The van der Waals surface area contributed by atoms with E-state index >= 15 is 0 Å². The van der Waals surface area contributed by atoms with Crippen LogP contribution >= 0.6 is 11.3 Å². The maximum Gasteiger partial charge on any atom is 0.124 e. The van der Waals surface area contributed by atoms with E-state index in [-0.39, 0.29) is 11.6 Å². The molecule has 0 saturated heterocycles. The van der Waals surface area contributed by atoms with Gasteiger partial charge in [0, 0.05) is 5.56 Å². The second kappa shape index (κ2) is 4.23. The van der Waals surface area contributed by atoms with E-state index < -0.39 is 6.04 Å². The van der Waals surface area contributed by atoms with Crippen molar-refractivity contribution in [2.24, 2.45) is 5.73 Å². The molecule has 1 atom stereocenters. The minimum absolute atomic E-state index is 0.0695. The number of aromatic hydroxyl groups is 1. The summed E-state index contributed by atoms with van der Waals surface area (Å²) in [6.45, 7) is 1.66. The highest BCUT2D eigenvalue weighted by atomic mass is 32.1. The Balaban J connectivity index is 2.48. The number of rotatable bonds is 2. The molecule has 0 amide bonds. The smallest absolute Gasteiger partial charge is 0.124 e. The van der Waals surface area contributed by atoms with Gasteiger partial charge < -0.3 is 10.8 Å². The van der Waals surface area contributed by atoms with Crippen LogP contribution in [0.4, 0.5) is 4.39 Å². The van der Waals surface area contributed by atoms with Crippen LogP contribution < -0.4 is 5.73 Å². The third-order valence-corrected chi connectivity index (χ3v) is 3.23. The first-order chi connectivity index (χ1) is 7.59. The van der Waals surface area contributed by atoms with Crippen molar-refractivity contribution in [3.8, 4) is 5.75 Å². The van der Waals surface area contributed by atoms with Crippen LogP contribution in [0.3, 0.4) is 0 Å². The third kappa shape index (κ3) is 1.94. The zero-order valence-electron chi connectivity index (χ0n) is 8.77. The van der Waals surface area contributed by atoms with E-state index in [2.05, 4.69) is 0 Å². The molecule has 1 aromatic heterocycles. The Hall–Kier alpha value is -1.39. The zero-order chi connectivity index (χ0) is 11.7. The number of benzene rings is 1. The number of hydrogen-bond acceptors (Lipinski definition) is 3. The molecule has 0 spiro atoms. The van der Waals surface area contributed by atoms with E-state index in [9.17, 15) is 9.50 Å². The lowest BCUT2D eigenvalue weighted by Crippen LogP contribution is -2.11. The molecule has 2 aromatic rings. The molecule has 1 aromatic carbocycles. The van der Waals surface area contributed by atoms with Crippen molar-refractivity contribution in [3.05, 3.63) is 51.5 Å². The van der Waals surface area contributed by atoms with Crippen LogP contribution in [0.2, 0.25) is 0 Å². The van der Waals surface area contributed by atoms with Gasteiger partial charge in [0.1, 0.15) is 11.6 Å². The average Bonchev–Trinajstić information content (AvgIpc) is 2.75. The molecule has 84 valence electrons. The molecule has 0 unspecified atom stereocenters. The number of thiophene rings is 1. The van der Waals surface area contributed by atoms with Crippen LogP contribution in [0.25, 0.3) is 0 Å². The number of phenolic OH excluding ortho intramolecular Hbond substituents is 1. The van der Waals surface area contributed by atoms with Gasteiger partial charge >= 0.3 is 0 Å². The summed E-state index contributed by atoms with van der Waals surface area (Å²) >= 11 is 1.52. The van der Waals surface area contributed by atoms with Crippen molar-refractivity contribution in [2.75, 3.05) is 0 Å². The summed E-state index contributed by atoms with van der Waals surface area (Å²) < 4.78 is 13.2. The molecule has 0 aliphatic rings. The van der Waals surface area contributed by atoms with Crippen molar-refractivity contribution in [3.63, 3.8) is 0 Å². The summed E-state index contributed by atoms with van der Waals surface area (Å²) in [5.41, 5.74) is 7.79. The quantitative estimate of drug-likeness (QED) is 0.843. The Morgan fingerprint density at radius 1 is 1.44 bits per heavy atom. The van der Waals surface area contributed by atoms with Gasteiger partial charge in [-0.05, 0) is 47.0 Å². The molecule has 3 N–H and O–H groups in total. The van der Waals surface area contributed by atoms with Crippen LogP contribution in [-0.4, -0.2) is 5.11 Å². The summed E-state index contributed by atoms with van der Waals surface area (Å²) in [4.78, 5) is 0. The standard InChI is InChI=1S/C12H12FNOS/c1-7-4-9(13)5-10(12(7)15)11(14)8-2-3-16-6-8/h2-6,11,15H,14H2,1H3/t11-/m1/s1. The number of aryl methyl sites for hydroxylation is 1. The van der Waals surface area contributed by atoms with E-state index in [1.807, 2.05) is 16.8 Å². The first-order valence-electron chi connectivity index (χ1n) is 4.86. The number of halogens is 1. The van der Waals surface area contributed by atoms with Crippen LogP contribution in [0.1, 0.15) is 22.7 Å². The zero-order valence-corrected chi connectivity index (χ0v) is 9.59. The average molecular weight is 237 g/mol. The largest absolute Gasteiger partial charge is 0.507 e. The van der Waals surface area contributed by atoms with Gasteiger partial charge in [-0.2, -0.15) is 11.3 Å². The van der Waals surface area contributed by atoms with Gasteiger partial charge in [0.15, 0.2) is 0 Å². The minimum atomic E-state index is -0.486. The molecular weight excluding hydrogens is 225 g/mol. The first kappa shape index (κ1) is 11.1. The van der Waals surface area contributed by atoms with E-state index in [4.69, 9.17) is 5.73 Å². The Morgan fingerprint density at radius 3 is 2.81 bits per heavy atom. The molecule has 1 heterocycles. The van der Waals surface area contributed by atoms with Gasteiger partial charge in [-0.3, -0.25) is 0 Å². The molecule has 0 aliphatic heterocycles. The highest BCUT2D eigenvalue weighted by molar-refractivity contribution is 7.08. The molecule has 0 fully saturated rings. The van der Waals surface area contributed by atoms with E-state index in [1.54, 1.807) is 6.92 Å². The second-order valence-electron chi connectivity index (χ2n) is 3.69. The van der Waals surface area contributed by atoms with Crippen molar-refractivity contribution in [1.29, 1.82) is 0 Å². The van der Waals surface area contributed by atoms with E-state index in [1.165, 1.54) is 23.5 Å². The Morgan fingerprint density at radius 2 is 2.19 bits per heavy atom. The summed E-state index contributed by atoms with van der Waals surface area (Å²) in [6, 6.07) is 3.96. The predicted molar refractivity (Wildman–Crippen MR) is 63.2 cm³/mol. The fourth-order valence-electron chi connectivity index (χ4n) is 1.63. The summed E-state index contributed by atoms with van der Waals surface area (Å²) in [6.07, 6.45) is 0. The monoisotopic (exact) mass is 237 g/mol. The van der Waals surface area contributed by atoms with Crippen molar-refractivity contribution >= 4 is 11.3 Å². The lowest BCUT2D eigenvalue weighted by molar-refractivity contribution is 0.458. The van der Waals surface area contributed by atoms with Crippen LogP contribution in [0.15, 0.2) is 29.0 Å². The molecular formula is C12H12FNOS. The SMILES string of the molecule is Cc1cc(F)cc([C@H](N)c2ccsc2)c1O. The normalized spacial score (nSPS) is 12.7. The molecule has 0 bridgehead atoms. The number of hydrogen-bond donors (Lipinski definition) is 2. The van der Waals surface area contributed by atoms with Gasteiger partial charge in [0.2, 0.25) is 0 Å². The number of nitrogens with two attached hydrogens (primary N) is 1. The molecule has 2 nitrogen and oxygen atoms in total. The molecule has 0 aliphatic carbocycles. The molecule has 0 radical (unpaired) electrons. The fraction of sp³-hybridized carbons (Fsp3) is 0.167. The van der Waals surface area contributed by atoms with Gasteiger partial charge in [-0.25, -0.2) is 4.39 Å². The molecule has 4 heteroatoms. The molecule has 16 heavy (non-hydrogen) atoms. The van der Waals surface area contributed by atoms with Gasteiger partial charge in [-0.1, -0.05) is 0 Å². The lowest BCUT2D eigenvalue weighted by Gasteiger charge is -2.14. The Bertz CT molecular complexity index is 496. The van der Waals surface area contributed by atoms with Crippen LogP contribution in [0, 0.1) is 12.7 Å². The van der Waals surface area contributed by atoms with Crippen molar-refractivity contribution < 1.29 is 9.50 Å². The maximum absolute atomic E-state index is 13.2.